The Balaban J connectivity index is 0.00000533. The van der Waals surface area contributed by atoms with Crippen LogP contribution >= 0.6 is 23.2 Å². The van der Waals surface area contributed by atoms with Crippen LogP contribution in [0.3, 0.4) is 0 Å². The molecule has 0 unspecified atom stereocenters. The van der Waals surface area contributed by atoms with Gasteiger partial charge in [-0.3, -0.25) is 9.59 Å². The van der Waals surface area contributed by atoms with Gasteiger partial charge in [0, 0.05) is 56.4 Å². The standard InChI is InChI=1S/C25H19Cl2F4N3O4.Cd/c26-16-6-4-14(23(36)33-9-8-21(32)35)10-15(16)13-5-7-19(20(11-13)38-12-25(29,30)31)34-24(37)22-17(27)2-1-3-18(22)28;/h1-7,10-11H,8-9,12H2,(H4,32,33,34,35,36,37);/p-1. The number of amides is 3. The van der Waals surface area contributed by atoms with Gasteiger partial charge in [-0.15, -0.1) is 0 Å². The zero-order valence-electron chi connectivity index (χ0n) is 19.9. The molecule has 3 N–H and O–H groups in total. The Morgan fingerprint density at radius 3 is 2.36 bits per heavy atom. The fraction of sp³-hybridized carbons (Fsp3) is 0.160. The van der Waals surface area contributed by atoms with Crippen LogP contribution in [0.4, 0.5) is 23.2 Å². The number of carbonyl (C=O) groups excluding carboxylic acids is 3. The summed E-state index contributed by atoms with van der Waals surface area (Å²) in [5.74, 6) is -3.69. The van der Waals surface area contributed by atoms with Crippen LogP contribution in [0, 0.1) is 5.82 Å². The third-order valence-electron chi connectivity index (χ3n) is 4.95. The molecule has 0 heterocycles. The summed E-state index contributed by atoms with van der Waals surface area (Å²) in [6.07, 6.45) is -4.79. The molecule has 0 saturated carbocycles. The summed E-state index contributed by atoms with van der Waals surface area (Å²) in [6, 6.07) is 11.4. The molecule has 0 saturated heterocycles. The first-order valence-electron chi connectivity index (χ1n) is 10.8. The van der Waals surface area contributed by atoms with E-state index < -0.39 is 47.6 Å². The van der Waals surface area contributed by atoms with Gasteiger partial charge in [-0.2, -0.15) is 13.2 Å². The molecule has 0 aliphatic rings. The maximum absolute atomic E-state index is 14.1. The van der Waals surface area contributed by atoms with E-state index >= 15 is 0 Å². The second-order valence-electron chi connectivity index (χ2n) is 7.77. The molecule has 7 nitrogen and oxygen atoms in total. The fourth-order valence-electron chi connectivity index (χ4n) is 3.21. The van der Waals surface area contributed by atoms with Gasteiger partial charge in [0.05, 0.1) is 16.5 Å². The van der Waals surface area contributed by atoms with Gasteiger partial charge in [0.25, 0.3) is 5.91 Å². The first kappa shape index (κ1) is 32.3. The molecule has 3 rings (SSSR count). The average Bonchev–Trinajstić information content (AvgIpc) is 2.83. The molecule has 0 spiro atoms. The summed E-state index contributed by atoms with van der Waals surface area (Å²) in [7, 11) is 0. The number of nitrogens with two attached hydrogens (primary N) is 1. The fourth-order valence-corrected chi connectivity index (χ4v) is 3.68. The number of ether oxygens (including phenoxy) is 1. The molecule has 0 aromatic heterocycles. The van der Waals surface area contributed by atoms with Crippen molar-refractivity contribution in [2.24, 2.45) is 5.73 Å². The van der Waals surface area contributed by atoms with E-state index in [0.717, 1.165) is 12.1 Å². The molecule has 14 heteroatoms. The largest absolute Gasteiger partial charge is 0.620 e. The van der Waals surface area contributed by atoms with E-state index in [1.54, 1.807) is 0 Å². The van der Waals surface area contributed by atoms with E-state index in [9.17, 15) is 31.9 Å². The molecule has 0 atom stereocenters. The Kier molecular flexibility index (Phi) is 11.5. The smallest absolute Gasteiger partial charge is 0.422 e. The van der Waals surface area contributed by atoms with E-state index in [0.29, 0.717) is 0 Å². The summed E-state index contributed by atoms with van der Waals surface area (Å²) < 4.78 is 57.7. The minimum atomic E-state index is -4.72. The minimum Gasteiger partial charge on any atom is -0.620 e. The van der Waals surface area contributed by atoms with Gasteiger partial charge >= 0.3 is 6.18 Å². The summed E-state index contributed by atoms with van der Waals surface area (Å²) in [5, 5.41) is 6.14. The van der Waals surface area contributed by atoms with Crippen molar-refractivity contribution in [3.63, 3.8) is 0 Å². The molecule has 3 amide bonds. The first-order valence-corrected chi connectivity index (χ1v) is 11.5. The molecule has 0 fully saturated rings. The third kappa shape index (κ3) is 9.07. The van der Waals surface area contributed by atoms with Gasteiger partial charge in [0.2, 0.25) is 5.91 Å². The zero-order chi connectivity index (χ0) is 28.0. The molecule has 0 bridgehead atoms. The molecule has 3 aromatic rings. The van der Waals surface area contributed by atoms with Gasteiger partial charge in [-0.25, -0.2) is 4.39 Å². The van der Waals surface area contributed by atoms with E-state index in [4.69, 9.17) is 33.7 Å². The van der Waals surface area contributed by atoms with Crippen molar-refractivity contribution >= 4 is 46.6 Å². The van der Waals surface area contributed by atoms with Gasteiger partial charge in [0.1, 0.15) is 11.6 Å². The number of nitrogens with zero attached hydrogens (tertiary/aromatic N) is 1. The SMILES string of the molecule is NC(=O)CCNC(=O)c1ccc(Cl)c(-c2ccc([N-]C(=O)c3c(F)cccc3Cl)c(OCC(F)(F)F)c2)c1.[Cd]. The molecule has 0 radical (unpaired) electrons. The predicted octanol–water partition coefficient (Wildman–Crippen LogP) is 6.19. The second-order valence-corrected chi connectivity index (χ2v) is 8.58. The third-order valence-corrected chi connectivity index (χ3v) is 5.59. The number of nitrogens with one attached hydrogen (secondary N) is 1. The predicted molar refractivity (Wildman–Crippen MR) is 133 cm³/mol. The van der Waals surface area contributed by atoms with Gasteiger partial charge < -0.3 is 25.9 Å². The number of alkyl halides is 3. The Morgan fingerprint density at radius 1 is 1.00 bits per heavy atom. The van der Waals surface area contributed by atoms with E-state index in [2.05, 4.69) is 10.6 Å². The van der Waals surface area contributed by atoms with Gasteiger partial charge in [-0.05, 0) is 42.0 Å². The van der Waals surface area contributed by atoms with Crippen LogP contribution in [-0.4, -0.2) is 37.0 Å². The van der Waals surface area contributed by atoms with Crippen LogP contribution in [0.15, 0.2) is 54.6 Å². The summed E-state index contributed by atoms with van der Waals surface area (Å²) in [6.45, 7) is -1.71. The van der Waals surface area contributed by atoms with Crippen molar-refractivity contribution in [3.05, 3.63) is 86.9 Å². The molecule has 0 aliphatic heterocycles. The number of halogens is 6. The van der Waals surface area contributed by atoms with Gasteiger partial charge in [0.15, 0.2) is 6.61 Å². The zero-order valence-corrected chi connectivity index (χ0v) is 25.5. The second kappa shape index (κ2) is 13.9. The normalized spacial score (nSPS) is 10.8. The van der Waals surface area contributed by atoms with Crippen molar-refractivity contribution in [1.29, 1.82) is 0 Å². The summed E-state index contributed by atoms with van der Waals surface area (Å²) >= 11 is 12.2. The number of benzene rings is 3. The monoisotopic (exact) mass is 684 g/mol. The molecule has 3 aromatic carbocycles. The molecule has 202 valence electrons. The van der Waals surface area contributed by atoms with Crippen molar-refractivity contribution in [2.75, 3.05) is 13.2 Å². The van der Waals surface area contributed by atoms with Crippen molar-refractivity contribution in [3.8, 4) is 16.9 Å². The number of hydrogen-bond acceptors (Lipinski definition) is 4. The Labute approximate surface area is 250 Å². The van der Waals surface area contributed by atoms with Crippen LogP contribution in [0.5, 0.6) is 5.75 Å². The first-order chi connectivity index (χ1) is 17.9. The summed E-state index contributed by atoms with van der Waals surface area (Å²) in [5.41, 5.74) is 4.80. The van der Waals surface area contributed by atoms with Crippen molar-refractivity contribution in [2.45, 2.75) is 12.6 Å². The van der Waals surface area contributed by atoms with Crippen LogP contribution < -0.4 is 15.8 Å². The Hall–Kier alpha value is -2.91. The molecular formula is C25H18CdCl2F4N3O4-. The number of hydrogen-bond donors (Lipinski definition) is 2. The maximum atomic E-state index is 14.1. The quantitative estimate of drug-likeness (QED) is 0.207. The van der Waals surface area contributed by atoms with E-state index in [-0.39, 0.29) is 72.7 Å². The van der Waals surface area contributed by atoms with Gasteiger partial charge in [-0.1, -0.05) is 47.1 Å². The van der Waals surface area contributed by atoms with Crippen LogP contribution in [-0.2, 0) is 32.1 Å². The van der Waals surface area contributed by atoms with Crippen molar-refractivity contribution in [1.82, 2.24) is 5.32 Å². The maximum Gasteiger partial charge on any atom is 0.422 e. The Morgan fingerprint density at radius 2 is 1.72 bits per heavy atom. The number of carbonyl (C=O) groups is 3. The van der Waals surface area contributed by atoms with Crippen LogP contribution in [0.2, 0.25) is 10.0 Å². The minimum absolute atomic E-state index is 0. The number of primary amides is 1. The van der Waals surface area contributed by atoms with Crippen molar-refractivity contribution < 1.29 is 64.0 Å². The molecule has 39 heavy (non-hydrogen) atoms. The number of rotatable bonds is 9. The molecule has 0 aliphatic carbocycles. The average molecular weight is 684 g/mol. The van der Waals surface area contributed by atoms with E-state index in [1.165, 1.54) is 42.5 Å². The van der Waals surface area contributed by atoms with Crippen LogP contribution in [0.25, 0.3) is 16.4 Å². The van der Waals surface area contributed by atoms with Crippen LogP contribution in [0.1, 0.15) is 27.1 Å². The topological polar surface area (TPSA) is 113 Å². The Bertz CT molecular complexity index is 1370. The van der Waals surface area contributed by atoms with E-state index in [1.807, 2.05) is 0 Å². The summed E-state index contributed by atoms with van der Waals surface area (Å²) in [4.78, 5) is 35.9. The molecular weight excluding hydrogens is 666 g/mol.